The number of aromatic nitrogens is 1. The van der Waals surface area contributed by atoms with Gasteiger partial charge >= 0.3 is 5.97 Å². The normalized spacial score (nSPS) is 13.5. The summed E-state index contributed by atoms with van der Waals surface area (Å²) in [5.74, 6) is -1.14. The van der Waals surface area contributed by atoms with E-state index >= 15 is 0 Å². The molecule has 0 aliphatic carbocycles. The molecule has 5 nitrogen and oxygen atoms in total. The minimum atomic E-state index is -2.28. The molecule has 1 N–H and O–H groups in total. The van der Waals surface area contributed by atoms with Crippen molar-refractivity contribution in [3.8, 4) is 0 Å². The van der Waals surface area contributed by atoms with Gasteiger partial charge in [0.05, 0.1) is 4.75 Å². The number of hydrogen-bond acceptors (Lipinski definition) is 4. The van der Waals surface area contributed by atoms with Crippen LogP contribution in [0.5, 0.6) is 0 Å². The predicted octanol–water partition coefficient (Wildman–Crippen LogP) is 0.894. The van der Waals surface area contributed by atoms with Crippen molar-refractivity contribution in [1.82, 2.24) is 4.98 Å². The van der Waals surface area contributed by atoms with Gasteiger partial charge in [-0.3, -0.25) is 4.21 Å². The van der Waals surface area contributed by atoms with Gasteiger partial charge < -0.3 is 9.66 Å². The maximum absolute atomic E-state index is 10.9. The molecule has 0 fully saturated rings. The number of aromatic carboxylic acids is 1. The van der Waals surface area contributed by atoms with Crippen LogP contribution in [0.25, 0.3) is 0 Å². The zero-order chi connectivity index (χ0) is 11.6. The van der Waals surface area contributed by atoms with Crippen LogP contribution in [0.15, 0.2) is 18.3 Å². The molecule has 1 rings (SSSR count). The van der Waals surface area contributed by atoms with Gasteiger partial charge in [0.15, 0.2) is 0 Å². The Kier molecular flexibility index (Phi) is 3.21. The van der Waals surface area contributed by atoms with Crippen molar-refractivity contribution in [2.75, 3.05) is 0 Å². The first-order chi connectivity index (χ1) is 6.85. The summed E-state index contributed by atoms with van der Waals surface area (Å²) in [7, 11) is 0. The van der Waals surface area contributed by atoms with Crippen molar-refractivity contribution >= 4 is 17.0 Å². The molecule has 0 bridgehead atoms. The third-order valence-corrected chi connectivity index (χ3v) is 3.16. The Labute approximate surface area is 89.4 Å². The Balaban J connectivity index is 3.09. The zero-order valence-corrected chi connectivity index (χ0v) is 9.08. The molecular weight excluding hydrogens is 218 g/mol. The molecule has 6 heteroatoms. The third-order valence-electron chi connectivity index (χ3n) is 2.09. The standard InChI is InChI=1S/C9H11NO4S/c1-9(2,15(13)14)6-3-4-7(8(11)12)10-5-6/h3-5H,1-2H3,(H,11,12)(H,13,14)/p-1. The molecular formula is C9H10NO4S-. The SMILES string of the molecule is CC(C)(c1ccc(C(=O)O)nc1)S(=O)[O-]. The Morgan fingerprint density at radius 1 is 1.53 bits per heavy atom. The average Bonchev–Trinajstić information content (AvgIpc) is 2.17. The third kappa shape index (κ3) is 2.40. The van der Waals surface area contributed by atoms with E-state index in [0.29, 0.717) is 5.56 Å². The number of rotatable bonds is 3. The van der Waals surface area contributed by atoms with Gasteiger partial charge in [-0.25, -0.2) is 9.78 Å². The second kappa shape index (κ2) is 4.08. The highest BCUT2D eigenvalue weighted by Crippen LogP contribution is 2.25. The summed E-state index contributed by atoms with van der Waals surface area (Å²) < 4.78 is 20.7. The fourth-order valence-corrected chi connectivity index (χ4v) is 1.29. The van der Waals surface area contributed by atoms with Crippen LogP contribution in [0.3, 0.4) is 0 Å². The molecule has 0 saturated carbocycles. The molecule has 0 aliphatic heterocycles. The van der Waals surface area contributed by atoms with Crippen molar-refractivity contribution in [1.29, 1.82) is 0 Å². The van der Waals surface area contributed by atoms with E-state index in [0.717, 1.165) is 0 Å². The highest BCUT2D eigenvalue weighted by atomic mass is 32.2. The highest BCUT2D eigenvalue weighted by molar-refractivity contribution is 7.80. The number of carboxylic acids is 1. The molecule has 1 aromatic heterocycles. The summed E-state index contributed by atoms with van der Waals surface area (Å²) in [4.78, 5) is 14.2. The molecule has 1 aromatic rings. The second-order valence-corrected chi connectivity index (χ2v) is 4.97. The zero-order valence-electron chi connectivity index (χ0n) is 8.26. The van der Waals surface area contributed by atoms with Gasteiger partial charge in [0.2, 0.25) is 0 Å². The van der Waals surface area contributed by atoms with E-state index in [9.17, 15) is 13.6 Å². The summed E-state index contributed by atoms with van der Waals surface area (Å²) in [5.41, 5.74) is 0.354. The topological polar surface area (TPSA) is 90.3 Å². The Morgan fingerprint density at radius 2 is 2.13 bits per heavy atom. The van der Waals surface area contributed by atoms with Crippen LogP contribution in [-0.4, -0.2) is 24.8 Å². The molecule has 1 atom stereocenters. The summed E-state index contributed by atoms with van der Waals surface area (Å²) in [6, 6.07) is 2.73. The van der Waals surface area contributed by atoms with E-state index in [4.69, 9.17) is 5.11 Å². The predicted molar refractivity (Wildman–Crippen MR) is 53.1 cm³/mol. The van der Waals surface area contributed by atoms with Crippen molar-refractivity contribution in [2.45, 2.75) is 18.6 Å². The van der Waals surface area contributed by atoms with Crippen LogP contribution in [0.1, 0.15) is 29.9 Å². The summed E-state index contributed by atoms with van der Waals surface area (Å²) >= 11 is -2.28. The van der Waals surface area contributed by atoms with Crippen LogP contribution in [0, 0.1) is 0 Å². The van der Waals surface area contributed by atoms with Gasteiger partial charge in [0.25, 0.3) is 0 Å². The van der Waals surface area contributed by atoms with Crippen LogP contribution in [0.2, 0.25) is 0 Å². The molecule has 0 saturated heterocycles. The lowest BCUT2D eigenvalue weighted by atomic mass is 10.0. The minimum Gasteiger partial charge on any atom is -0.772 e. The van der Waals surface area contributed by atoms with E-state index in [2.05, 4.69) is 4.98 Å². The molecule has 82 valence electrons. The smallest absolute Gasteiger partial charge is 0.354 e. The van der Waals surface area contributed by atoms with Crippen molar-refractivity contribution < 1.29 is 18.7 Å². The fraction of sp³-hybridized carbons (Fsp3) is 0.333. The van der Waals surface area contributed by atoms with Gasteiger partial charge in [-0.2, -0.15) is 0 Å². The number of pyridine rings is 1. The molecule has 0 spiro atoms. The fourth-order valence-electron chi connectivity index (χ4n) is 0.973. The van der Waals surface area contributed by atoms with Gasteiger partial charge in [-0.1, -0.05) is 6.07 Å². The van der Waals surface area contributed by atoms with Crippen molar-refractivity contribution in [3.63, 3.8) is 0 Å². The van der Waals surface area contributed by atoms with Crippen LogP contribution < -0.4 is 0 Å². The Morgan fingerprint density at radius 3 is 2.47 bits per heavy atom. The summed E-state index contributed by atoms with van der Waals surface area (Å²) in [6.45, 7) is 3.04. The van der Waals surface area contributed by atoms with E-state index in [-0.39, 0.29) is 5.69 Å². The van der Waals surface area contributed by atoms with Crippen molar-refractivity contribution in [2.24, 2.45) is 0 Å². The molecule has 0 aromatic carbocycles. The van der Waals surface area contributed by atoms with Crippen LogP contribution >= 0.6 is 0 Å². The first-order valence-electron chi connectivity index (χ1n) is 4.15. The average molecular weight is 228 g/mol. The largest absolute Gasteiger partial charge is 0.772 e. The van der Waals surface area contributed by atoms with Crippen LogP contribution in [0.4, 0.5) is 0 Å². The summed E-state index contributed by atoms with van der Waals surface area (Å²) in [6.07, 6.45) is 1.26. The molecule has 15 heavy (non-hydrogen) atoms. The first kappa shape index (κ1) is 11.8. The first-order valence-corrected chi connectivity index (χ1v) is 5.22. The summed E-state index contributed by atoms with van der Waals surface area (Å²) in [5, 5.41) is 8.60. The number of carbonyl (C=O) groups is 1. The molecule has 0 radical (unpaired) electrons. The van der Waals surface area contributed by atoms with Gasteiger partial charge in [-0.15, -0.1) is 0 Å². The van der Waals surface area contributed by atoms with E-state index in [1.807, 2.05) is 0 Å². The second-order valence-electron chi connectivity index (χ2n) is 3.48. The number of carboxylic acid groups (broad SMARTS) is 1. The van der Waals surface area contributed by atoms with Crippen molar-refractivity contribution in [3.05, 3.63) is 29.6 Å². The molecule has 1 unspecified atom stereocenters. The van der Waals surface area contributed by atoms with Gasteiger partial charge in [-0.05, 0) is 36.6 Å². The quantitative estimate of drug-likeness (QED) is 0.776. The highest BCUT2D eigenvalue weighted by Gasteiger charge is 2.22. The minimum absolute atomic E-state index is 0.105. The Bertz CT molecular complexity index is 399. The lowest BCUT2D eigenvalue weighted by molar-refractivity contribution is 0.0690. The van der Waals surface area contributed by atoms with E-state index in [1.165, 1.54) is 32.2 Å². The number of nitrogens with zero attached hydrogens (tertiary/aromatic N) is 1. The van der Waals surface area contributed by atoms with E-state index < -0.39 is 21.8 Å². The monoisotopic (exact) mass is 228 g/mol. The maximum Gasteiger partial charge on any atom is 0.354 e. The van der Waals surface area contributed by atoms with Gasteiger partial charge in [0.1, 0.15) is 5.69 Å². The van der Waals surface area contributed by atoms with Gasteiger partial charge in [0, 0.05) is 6.20 Å². The molecule has 0 amide bonds. The van der Waals surface area contributed by atoms with E-state index in [1.54, 1.807) is 0 Å². The van der Waals surface area contributed by atoms with Crippen LogP contribution in [-0.2, 0) is 15.8 Å². The lowest BCUT2D eigenvalue weighted by Gasteiger charge is -2.27. The molecule has 1 heterocycles. The molecule has 0 aliphatic rings. The lowest BCUT2D eigenvalue weighted by Crippen LogP contribution is -2.23. The number of hydrogen-bond donors (Lipinski definition) is 1. The maximum atomic E-state index is 10.9. The Hall–Kier alpha value is -1.27.